The highest BCUT2D eigenvalue weighted by atomic mass is 16.2. The van der Waals surface area contributed by atoms with Crippen molar-refractivity contribution in [3.63, 3.8) is 0 Å². The lowest BCUT2D eigenvalue weighted by Gasteiger charge is -2.11. The Morgan fingerprint density at radius 3 is 2.75 bits per heavy atom. The first-order chi connectivity index (χ1) is 7.66. The molecule has 0 spiro atoms. The monoisotopic (exact) mass is 221 g/mol. The van der Waals surface area contributed by atoms with Crippen LogP contribution in [0, 0.1) is 0 Å². The van der Waals surface area contributed by atoms with Gasteiger partial charge in [-0.05, 0) is 18.9 Å². The smallest absolute Gasteiger partial charge is 0.271 e. The predicted molar refractivity (Wildman–Crippen MR) is 59.2 cm³/mol. The Bertz CT molecular complexity index is 447. The minimum Gasteiger partial charge on any atom is -0.348 e. The van der Waals surface area contributed by atoms with E-state index in [0.29, 0.717) is 5.69 Å². The molecular weight excluding hydrogens is 206 g/mol. The lowest BCUT2D eigenvalue weighted by atomic mass is 10.2. The maximum Gasteiger partial charge on any atom is 0.271 e. The minimum absolute atomic E-state index is 0.192. The first-order valence-corrected chi connectivity index (χ1v) is 5.52. The highest BCUT2D eigenvalue weighted by Gasteiger charge is 2.18. The molecule has 1 N–H and O–H groups in total. The topological polar surface area (TPSA) is 64.0 Å². The number of nitrogens with zero attached hydrogens (tertiary/aromatic N) is 2. The van der Waals surface area contributed by atoms with Crippen molar-refractivity contribution >= 4 is 5.91 Å². The van der Waals surface area contributed by atoms with Crippen LogP contribution < -0.4 is 10.9 Å². The standard InChI is InChI=1S/C11H15N3O2/c1-14-10(15)7-6-9(13-14)11(16)12-8-4-2-3-5-8/h6-8H,2-5H2,1H3,(H,12,16). The van der Waals surface area contributed by atoms with Gasteiger partial charge in [-0.2, -0.15) is 5.10 Å². The van der Waals surface area contributed by atoms with Crippen LogP contribution >= 0.6 is 0 Å². The number of aryl methyl sites for hydroxylation is 1. The molecule has 0 bridgehead atoms. The Morgan fingerprint density at radius 1 is 1.44 bits per heavy atom. The van der Waals surface area contributed by atoms with Crippen molar-refractivity contribution in [3.05, 3.63) is 28.2 Å². The van der Waals surface area contributed by atoms with E-state index >= 15 is 0 Å². The second kappa shape index (κ2) is 4.47. The van der Waals surface area contributed by atoms with Gasteiger partial charge in [0.2, 0.25) is 0 Å². The molecule has 1 fully saturated rings. The second-order valence-electron chi connectivity index (χ2n) is 4.14. The highest BCUT2D eigenvalue weighted by molar-refractivity contribution is 5.92. The molecule has 1 aromatic heterocycles. The number of amides is 1. The van der Waals surface area contributed by atoms with Crippen LogP contribution in [0.3, 0.4) is 0 Å². The fourth-order valence-electron chi connectivity index (χ4n) is 1.95. The molecular formula is C11H15N3O2. The average Bonchev–Trinajstić information content (AvgIpc) is 2.74. The fourth-order valence-corrected chi connectivity index (χ4v) is 1.95. The summed E-state index contributed by atoms with van der Waals surface area (Å²) < 4.78 is 1.17. The van der Waals surface area contributed by atoms with E-state index in [9.17, 15) is 9.59 Å². The number of hydrogen-bond acceptors (Lipinski definition) is 3. The molecule has 1 aliphatic rings. The third-order valence-electron chi connectivity index (χ3n) is 2.88. The number of rotatable bonds is 2. The summed E-state index contributed by atoms with van der Waals surface area (Å²) in [5.41, 5.74) is 0.0893. The van der Waals surface area contributed by atoms with Gasteiger partial charge in [-0.3, -0.25) is 9.59 Å². The summed E-state index contributed by atoms with van der Waals surface area (Å²) in [7, 11) is 1.54. The quantitative estimate of drug-likeness (QED) is 0.788. The summed E-state index contributed by atoms with van der Waals surface area (Å²) in [6.45, 7) is 0. The molecule has 0 aliphatic heterocycles. The fraction of sp³-hybridized carbons (Fsp3) is 0.545. The Hall–Kier alpha value is -1.65. The van der Waals surface area contributed by atoms with Gasteiger partial charge in [-0.25, -0.2) is 4.68 Å². The third kappa shape index (κ3) is 2.29. The van der Waals surface area contributed by atoms with Crippen LogP contribution in [0.1, 0.15) is 36.2 Å². The summed E-state index contributed by atoms with van der Waals surface area (Å²) >= 11 is 0. The van der Waals surface area contributed by atoms with Gasteiger partial charge in [0, 0.05) is 19.2 Å². The van der Waals surface area contributed by atoms with Crippen LogP contribution in [0.4, 0.5) is 0 Å². The first kappa shape index (κ1) is 10.9. The van der Waals surface area contributed by atoms with Gasteiger partial charge in [-0.1, -0.05) is 12.8 Å². The number of carbonyl (C=O) groups excluding carboxylic acids is 1. The van der Waals surface area contributed by atoms with Gasteiger partial charge in [0.1, 0.15) is 5.69 Å². The van der Waals surface area contributed by atoms with Crippen molar-refractivity contribution in [1.82, 2.24) is 15.1 Å². The summed E-state index contributed by atoms with van der Waals surface area (Å²) in [5.74, 6) is -0.192. The van der Waals surface area contributed by atoms with Crippen molar-refractivity contribution in [2.45, 2.75) is 31.7 Å². The van der Waals surface area contributed by atoms with Crippen molar-refractivity contribution in [2.24, 2.45) is 7.05 Å². The van der Waals surface area contributed by atoms with E-state index in [-0.39, 0.29) is 17.5 Å². The van der Waals surface area contributed by atoms with Crippen LogP contribution in [0.2, 0.25) is 0 Å². The molecule has 2 rings (SSSR count). The molecule has 1 heterocycles. The first-order valence-electron chi connectivity index (χ1n) is 5.52. The number of hydrogen-bond donors (Lipinski definition) is 1. The van der Waals surface area contributed by atoms with Crippen LogP contribution in [0.25, 0.3) is 0 Å². The molecule has 0 radical (unpaired) electrons. The largest absolute Gasteiger partial charge is 0.348 e. The second-order valence-corrected chi connectivity index (χ2v) is 4.14. The normalized spacial score (nSPS) is 16.3. The number of nitrogens with one attached hydrogen (secondary N) is 1. The zero-order valence-electron chi connectivity index (χ0n) is 9.27. The van der Waals surface area contributed by atoms with E-state index in [1.807, 2.05) is 0 Å². The SMILES string of the molecule is Cn1nc(C(=O)NC2CCCC2)ccc1=O. The van der Waals surface area contributed by atoms with Gasteiger partial charge in [0.15, 0.2) is 0 Å². The summed E-state index contributed by atoms with van der Waals surface area (Å²) in [4.78, 5) is 22.9. The zero-order valence-corrected chi connectivity index (χ0v) is 9.27. The van der Waals surface area contributed by atoms with Gasteiger partial charge < -0.3 is 5.32 Å². The third-order valence-corrected chi connectivity index (χ3v) is 2.88. The number of aromatic nitrogens is 2. The molecule has 0 saturated heterocycles. The maximum absolute atomic E-state index is 11.8. The van der Waals surface area contributed by atoms with Crippen molar-refractivity contribution in [3.8, 4) is 0 Å². The lowest BCUT2D eigenvalue weighted by Crippen LogP contribution is -2.34. The van der Waals surface area contributed by atoms with Crippen molar-refractivity contribution in [2.75, 3.05) is 0 Å². The van der Waals surface area contributed by atoms with E-state index in [0.717, 1.165) is 12.8 Å². The molecule has 1 aliphatic carbocycles. The molecule has 5 nitrogen and oxygen atoms in total. The predicted octanol–water partition coefficient (Wildman–Crippen LogP) is 0.453. The Balaban J connectivity index is 2.08. The summed E-state index contributed by atoms with van der Waals surface area (Å²) in [5, 5.41) is 6.83. The molecule has 0 aromatic carbocycles. The van der Waals surface area contributed by atoms with Gasteiger partial charge >= 0.3 is 0 Å². The van der Waals surface area contributed by atoms with Crippen LogP contribution in [-0.2, 0) is 7.05 Å². The van der Waals surface area contributed by atoms with E-state index in [1.165, 1.54) is 36.7 Å². The molecule has 0 unspecified atom stereocenters. The van der Waals surface area contributed by atoms with Crippen LogP contribution in [0.5, 0.6) is 0 Å². The van der Waals surface area contributed by atoms with Gasteiger partial charge in [0.05, 0.1) is 0 Å². The van der Waals surface area contributed by atoms with E-state index in [2.05, 4.69) is 10.4 Å². The Labute approximate surface area is 93.5 Å². The molecule has 1 saturated carbocycles. The molecule has 16 heavy (non-hydrogen) atoms. The zero-order chi connectivity index (χ0) is 11.5. The summed E-state index contributed by atoms with van der Waals surface area (Å²) in [6, 6.07) is 3.09. The minimum atomic E-state index is -0.211. The molecule has 86 valence electrons. The highest BCUT2D eigenvalue weighted by Crippen LogP contribution is 2.17. The van der Waals surface area contributed by atoms with Crippen LogP contribution in [0.15, 0.2) is 16.9 Å². The Kier molecular flexibility index (Phi) is 3.03. The molecule has 1 amide bonds. The maximum atomic E-state index is 11.8. The van der Waals surface area contributed by atoms with Gasteiger partial charge in [0.25, 0.3) is 11.5 Å². The van der Waals surface area contributed by atoms with Gasteiger partial charge in [-0.15, -0.1) is 0 Å². The summed E-state index contributed by atoms with van der Waals surface area (Å²) in [6.07, 6.45) is 4.42. The lowest BCUT2D eigenvalue weighted by molar-refractivity contribution is 0.0930. The average molecular weight is 221 g/mol. The van der Waals surface area contributed by atoms with E-state index in [4.69, 9.17) is 0 Å². The number of carbonyl (C=O) groups is 1. The molecule has 0 atom stereocenters. The van der Waals surface area contributed by atoms with Crippen molar-refractivity contribution < 1.29 is 4.79 Å². The van der Waals surface area contributed by atoms with E-state index in [1.54, 1.807) is 0 Å². The van der Waals surface area contributed by atoms with Crippen molar-refractivity contribution in [1.29, 1.82) is 0 Å². The Morgan fingerprint density at radius 2 is 2.12 bits per heavy atom. The molecule has 5 heteroatoms. The molecule has 1 aromatic rings. The van der Waals surface area contributed by atoms with Crippen LogP contribution in [-0.4, -0.2) is 21.7 Å². The van der Waals surface area contributed by atoms with E-state index < -0.39 is 0 Å².